The average molecular weight is 270 g/mol. The van der Waals surface area contributed by atoms with Gasteiger partial charge in [0.15, 0.2) is 0 Å². The zero-order valence-corrected chi connectivity index (χ0v) is 12.4. The minimum absolute atomic E-state index is 0. The molecule has 0 amide bonds. The summed E-state index contributed by atoms with van der Waals surface area (Å²) < 4.78 is -0.350. The van der Waals surface area contributed by atoms with Crippen molar-refractivity contribution in [2.24, 2.45) is 0 Å². The van der Waals surface area contributed by atoms with Gasteiger partial charge in [0.05, 0.1) is 0 Å². The minimum atomic E-state index is -0.350. The zero-order chi connectivity index (χ0) is 13.1. The van der Waals surface area contributed by atoms with Crippen molar-refractivity contribution < 1.29 is 18.9 Å². The van der Waals surface area contributed by atoms with Crippen molar-refractivity contribution in [3.05, 3.63) is 90.0 Å². The van der Waals surface area contributed by atoms with E-state index in [0.29, 0.717) is 0 Å². The molecule has 0 nitrogen and oxygen atoms in total. The monoisotopic (exact) mass is 270 g/mol. The molecule has 3 rings (SSSR count). The van der Waals surface area contributed by atoms with E-state index >= 15 is 0 Å². The summed E-state index contributed by atoms with van der Waals surface area (Å²) in [6.45, 7) is 0. The second-order valence-corrected chi connectivity index (χ2v) is 5.47. The Morgan fingerprint density at radius 2 is 1.45 bits per heavy atom. The van der Waals surface area contributed by atoms with E-state index in [1.165, 1.54) is 16.7 Å². The molecule has 0 saturated heterocycles. The Morgan fingerprint density at radius 3 is 2.10 bits per heavy atom. The molecule has 0 N–H and O–H groups in total. The van der Waals surface area contributed by atoms with Crippen LogP contribution in [0.5, 0.6) is 0 Å². The van der Waals surface area contributed by atoms with E-state index in [0.717, 1.165) is 6.42 Å². The number of allylic oxidation sites excluding steroid dienone is 3. The Hall–Kier alpha value is -1.13. The van der Waals surface area contributed by atoms with E-state index in [2.05, 4.69) is 66.8 Å². The van der Waals surface area contributed by atoms with Crippen LogP contribution in [0, 0.1) is 0 Å². The van der Waals surface area contributed by atoms with Gasteiger partial charge in [0.25, 0.3) is 0 Å². The van der Waals surface area contributed by atoms with E-state index in [-0.39, 0.29) is 23.6 Å². The van der Waals surface area contributed by atoms with Crippen molar-refractivity contribution in [3.8, 4) is 0 Å². The van der Waals surface area contributed by atoms with Crippen LogP contribution in [0.3, 0.4) is 0 Å². The summed E-state index contributed by atoms with van der Waals surface area (Å²) in [6, 6.07) is 20.8. The second kappa shape index (κ2) is 6.55. The van der Waals surface area contributed by atoms with Crippen molar-refractivity contribution in [1.29, 1.82) is 0 Å². The normalized spacial score (nSPS) is 20.9. The largest absolute Gasteiger partial charge is 1.00 e. The fourth-order valence-corrected chi connectivity index (χ4v) is 2.99. The van der Waals surface area contributed by atoms with Crippen LogP contribution in [0.1, 0.15) is 17.5 Å². The molecule has 2 aromatic rings. The fourth-order valence-electron chi connectivity index (χ4n) is 2.57. The maximum atomic E-state index is 6.00. The molecule has 0 fully saturated rings. The Labute approximate surface area is 138 Å². The summed E-state index contributed by atoms with van der Waals surface area (Å²) in [7, 11) is 0. The molecule has 1 unspecified atom stereocenters. The molecule has 0 aliphatic heterocycles. The van der Waals surface area contributed by atoms with Gasteiger partial charge in [-0.2, -0.15) is 0 Å². The molecular weight excluding hydrogens is 255 g/mol. The Morgan fingerprint density at radius 1 is 0.850 bits per heavy atom. The van der Waals surface area contributed by atoms with E-state index in [9.17, 15) is 0 Å². The van der Waals surface area contributed by atoms with Crippen LogP contribution >= 0.6 is 0 Å². The molecule has 20 heavy (non-hydrogen) atoms. The average Bonchev–Trinajstić information content (AvgIpc) is 2.49. The summed E-state index contributed by atoms with van der Waals surface area (Å²) in [5, 5.41) is 0. The quantitative estimate of drug-likeness (QED) is 0.588. The van der Waals surface area contributed by atoms with Gasteiger partial charge in [-0.05, 0) is 12.0 Å². The van der Waals surface area contributed by atoms with Crippen LogP contribution < -0.4 is 18.9 Å². The third-order valence-electron chi connectivity index (χ3n) is 3.56. The van der Waals surface area contributed by atoms with Crippen LogP contribution in [0.25, 0.3) is 5.57 Å². The smallest absolute Gasteiger partial charge is 0.776 e. The zero-order valence-electron chi connectivity index (χ0n) is 11.6. The maximum Gasteiger partial charge on any atom is 1.00 e. The van der Waals surface area contributed by atoms with Crippen LogP contribution in [0.15, 0.2) is 78.9 Å². The van der Waals surface area contributed by atoms with E-state index in [1.807, 2.05) is 12.1 Å². The van der Waals surface area contributed by atoms with Gasteiger partial charge in [0.2, 0.25) is 0 Å². The predicted molar refractivity (Wildman–Crippen MR) is 83.7 cm³/mol. The van der Waals surface area contributed by atoms with Crippen LogP contribution in [-0.4, -0.2) is 0 Å². The van der Waals surface area contributed by atoms with E-state index in [1.54, 1.807) is 0 Å². The molecule has 0 heterocycles. The van der Waals surface area contributed by atoms with Crippen molar-refractivity contribution in [1.82, 2.24) is 0 Å². The summed E-state index contributed by atoms with van der Waals surface area (Å²) in [6.07, 6.45) is 7.29. The summed E-state index contributed by atoms with van der Waals surface area (Å²) in [5.41, 5.74) is 3.63. The second-order valence-electron chi connectivity index (χ2n) is 4.77. The molecule has 1 atom stereocenters. The van der Waals surface area contributed by atoms with Gasteiger partial charge in [-0.15, -0.1) is 0 Å². The third kappa shape index (κ3) is 2.81. The van der Waals surface area contributed by atoms with Gasteiger partial charge >= 0.3 is 18.9 Å². The molecule has 2 aromatic carbocycles. The maximum absolute atomic E-state index is 6.00. The molecule has 1 aliphatic carbocycles. The molecule has 94 valence electrons. The van der Waals surface area contributed by atoms with Crippen molar-refractivity contribution in [2.75, 3.05) is 0 Å². The van der Waals surface area contributed by atoms with Gasteiger partial charge in [0, 0.05) is 0 Å². The Bertz CT molecular complexity index is 616. The molecule has 1 aliphatic rings. The first-order valence-electron chi connectivity index (χ1n) is 6.49. The Balaban J connectivity index is 0.00000147. The fraction of sp³-hybridized carbons (Fsp3) is 0.111. The molecule has 0 aromatic heterocycles. The molecule has 0 saturated carbocycles. The first-order valence-corrected chi connectivity index (χ1v) is 6.90. The topological polar surface area (TPSA) is 0 Å². The molecule has 0 spiro atoms. The molecule has 0 bridgehead atoms. The van der Waals surface area contributed by atoms with Crippen LogP contribution in [0.2, 0.25) is 0 Å². The van der Waals surface area contributed by atoms with Gasteiger partial charge in [-0.25, -0.2) is 0 Å². The van der Waals surface area contributed by atoms with Gasteiger partial charge < -0.3 is 12.6 Å². The van der Waals surface area contributed by atoms with E-state index < -0.39 is 0 Å². The Kier molecular flexibility index (Phi) is 4.99. The third-order valence-corrected chi connectivity index (χ3v) is 4.19. The van der Waals surface area contributed by atoms with E-state index in [4.69, 9.17) is 12.6 Å². The molecule has 2 heteroatoms. The summed E-state index contributed by atoms with van der Waals surface area (Å²) in [5.74, 6) is 0. The number of hydrogen-bond donors (Lipinski definition) is 0. The first-order chi connectivity index (χ1) is 9.31. The summed E-state index contributed by atoms with van der Waals surface area (Å²) >= 11 is 6.00. The van der Waals surface area contributed by atoms with Crippen LogP contribution in [0.4, 0.5) is 0 Å². The summed E-state index contributed by atoms with van der Waals surface area (Å²) in [4.78, 5) is 0. The van der Waals surface area contributed by atoms with Gasteiger partial charge in [0.1, 0.15) is 0 Å². The number of benzene rings is 2. The minimum Gasteiger partial charge on any atom is -0.776 e. The van der Waals surface area contributed by atoms with Crippen LogP contribution in [-0.2, 0) is 17.4 Å². The molecule has 0 radical (unpaired) electrons. The number of hydrogen-bond acceptors (Lipinski definition) is 1. The standard InChI is InChI=1S/C18H16S.Li/c19-18(16-11-5-2-6-12-16)14-8-7-13-17(18)15-9-3-1-4-10-15;/h1-13,19H,14H2;/q;+1/p-1. The SMILES string of the molecule is [Li+].[S-]C1(c2ccccc2)CC=CC=C1c1ccccc1. The predicted octanol–water partition coefficient (Wildman–Crippen LogP) is 1.48. The van der Waals surface area contributed by atoms with Gasteiger partial charge in [-0.3, -0.25) is 0 Å². The number of rotatable bonds is 2. The van der Waals surface area contributed by atoms with Crippen molar-refractivity contribution >= 4 is 18.2 Å². The van der Waals surface area contributed by atoms with Crippen molar-refractivity contribution in [2.45, 2.75) is 11.2 Å². The first kappa shape index (κ1) is 15.3. The van der Waals surface area contributed by atoms with Gasteiger partial charge in [-0.1, -0.05) is 94.8 Å². The molecular formula is C18H15LiS. The van der Waals surface area contributed by atoms with Crippen molar-refractivity contribution in [3.63, 3.8) is 0 Å².